The van der Waals surface area contributed by atoms with E-state index in [1.807, 2.05) is 11.0 Å². The van der Waals surface area contributed by atoms with Crippen LogP contribution in [-0.4, -0.2) is 31.0 Å². The lowest BCUT2D eigenvalue weighted by Gasteiger charge is -2.20. The maximum Gasteiger partial charge on any atom is 0.253 e. The predicted octanol–water partition coefficient (Wildman–Crippen LogP) is 3.88. The van der Waals surface area contributed by atoms with Crippen LogP contribution in [0.2, 0.25) is 0 Å². The van der Waals surface area contributed by atoms with E-state index < -0.39 is 0 Å². The summed E-state index contributed by atoms with van der Waals surface area (Å²) in [6, 6.07) is 12.8. The molecule has 0 radical (unpaired) electrons. The minimum Gasteiger partial charge on any atom is -0.497 e. The van der Waals surface area contributed by atoms with Crippen LogP contribution in [0, 0.1) is 0 Å². The number of carbonyl (C=O) groups is 1. The first kappa shape index (κ1) is 15.9. The van der Waals surface area contributed by atoms with Crippen molar-refractivity contribution >= 4 is 11.6 Å². The molecule has 6 nitrogen and oxygen atoms in total. The Kier molecular flexibility index (Phi) is 4.68. The first-order valence-corrected chi connectivity index (χ1v) is 7.81. The van der Waals surface area contributed by atoms with Gasteiger partial charge in [0.1, 0.15) is 5.75 Å². The van der Waals surface area contributed by atoms with Crippen LogP contribution in [-0.2, 0) is 12.8 Å². The molecule has 0 bridgehead atoms. The third-order valence-corrected chi connectivity index (χ3v) is 4.28. The van der Waals surface area contributed by atoms with Gasteiger partial charge in [0, 0.05) is 29.3 Å². The summed E-state index contributed by atoms with van der Waals surface area (Å²) in [5, 5.41) is 3.52. The lowest BCUT2D eigenvalue weighted by Crippen LogP contribution is -2.33. The first-order chi connectivity index (χ1) is 11.7. The second kappa shape index (κ2) is 7.06. The lowest BCUT2D eigenvalue weighted by atomic mass is 10.0. The average Bonchev–Trinajstić information content (AvgIpc) is 2.84. The van der Waals surface area contributed by atoms with Crippen molar-refractivity contribution in [2.24, 2.45) is 5.11 Å². The molecule has 122 valence electrons. The van der Waals surface area contributed by atoms with Crippen LogP contribution < -0.4 is 4.74 Å². The Labute approximate surface area is 140 Å². The highest BCUT2D eigenvalue weighted by Gasteiger charge is 2.20. The number of hydrogen-bond acceptors (Lipinski definition) is 3. The number of azide groups is 1. The Bertz CT molecular complexity index is 795. The minimum atomic E-state index is 0.00209. The number of methoxy groups -OCH3 is 1. The van der Waals surface area contributed by atoms with E-state index in [4.69, 9.17) is 10.3 Å². The molecule has 1 heterocycles. The summed E-state index contributed by atoms with van der Waals surface area (Å²) in [4.78, 5) is 17.3. The fraction of sp³-hybridized carbons (Fsp3) is 0.278. The molecule has 0 spiro atoms. The topological polar surface area (TPSA) is 78.3 Å². The molecule has 3 rings (SSSR count). The van der Waals surface area contributed by atoms with Gasteiger partial charge in [0.25, 0.3) is 5.91 Å². The van der Waals surface area contributed by atoms with Crippen LogP contribution in [0.5, 0.6) is 5.75 Å². The van der Waals surface area contributed by atoms with E-state index >= 15 is 0 Å². The number of hydrogen-bond donors (Lipinski definition) is 0. The number of fused-ring (bicyclic) bond motifs is 1. The fourth-order valence-corrected chi connectivity index (χ4v) is 2.94. The van der Waals surface area contributed by atoms with Crippen molar-refractivity contribution in [2.45, 2.75) is 12.8 Å². The van der Waals surface area contributed by atoms with Crippen LogP contribution in [0.4, 0.5) is 5.69 Å². The lowest BCUT2D eigenvalue weighted by molar-refractivity contribution is 0.0763. The molecular weight excluding hydrogens is 304 g/mol. The Morgan fingerprint density at radius 2 is 1.83 bits per heavy atom. The Morgan fingerprint density at radius 1 is 1.12 bits per heavy atom. The highest BCUT2D eigenvalue weighted by atomic mass is 16.5. The van der Waals surface area contributed by atoms with Crippen LogP contribution in [0.3, 0.4) is 0 Å². The summed E-state index contributed by atoms with van der Waals surface area (Å²) in [6.07, 6.45) is 1.65. The fourth-order valence-electron chi connectivity index (χ4n) is 2.94. The third-order valence-electron chi connectivity index (χ3n) is 4.28. The number of rotatable bonds is 3. The number of benzene rings is 2. The van der Waals surface area contributed by atoms with Gasteiger partial charge in [-0.1, -0.05) is 23.3 Å². The SMILES string of the molecule is COc1ccc2c(c1)CCN(C(=O)c1ccc(N=[N+]=[N-])cc1)CC2. The second-order valence-corrected chi connectivity index (χ2v) is 5.66. The highest BCUT2D eigenvalue weighted by molar-refractivity contribution is 5.94. The van der Waals surface area contributed by atoms with E-state index in [0.29, 0.717) is 24.3 Å². The van der Waals surface area contributed by atoms with E-state index in [2.05, 4.69) is 22.2 Å². The summed E-state index contributed by atoms with van der Waals surface area (Å²) in [6.45, 7) is 1.37. The molecule has 0 fully saturated rings. The molecule has 6 heteroatoms. The molecule has 1 aliphatic heterocycles. The summed E-state index contributed by atoms with van der Waals surface area (Å²) < 4.78 is 5.28. The van der Waals surface area contributed by atoms with E-state index in [9.17, 15) is 4.79 Å². The number of carbonyl (C=O) groups excluding carboxylic acids is 1. The summed E-state index contributed by atoms with van der Waals surface area (Å²) in [7, 11) is 1.66. The monoisotopic (exact) mass is 322 g/mol. The zero-order valence-electron chi connectivity index (χ0n) is 13.5. The first-order valence-electron chi connectivity index (χ1n) is 7.81. The van der Waals surface area contributed by atoms with E-state index in [1.54, 1.807) is 31.4 Å². The largest absolute Gasteiger partial charge is 0.497 e. The molecule has 0 aromatic heterocycles. The number of ether oxygens (including phenoxy) is 1. The van der Waals surface area contributed by atoms with Gasteiger partial charge in [-0.25, -0.2) is 0 Å². The highest BCUT2D eigenvalue weighted by Crippen LogP contribution is 2.23. The summed E-state index contributed by atoms with van der Waals surface area (Å²) in [5.41, 5.74) is 12.0. The van der Waals surface area contributed by atoms with Crippen LogP contribution in [0.15, 0.2) is 47.6 Å². The molecule has 0 saturated heterocycles. The Hall–Kier alpha value is -2.98. The van der Waals surface area contributed by atoms with Crippen LogP contribution in [0.1, 0.15) is 21.5 Å². The van der Waals surface area contributed by atoms with Crippen LogP contribution >= 0.6 is 0 Å². The van der Waals surface area contributed by atoms with Crippen molar-refractivity contribution in [1.29, 1.82) is 0 Å². The molecule has 2 aromatic carbocycles. The van der Waals surface area contributed by atoms with Crippen molar-refractivity contribution in [3.63, 3.8) is 0 Å². The number of amides is 1. The molecular formula is C18H18N4O2. The van der Waals surface area contributed by atoms with Gasteiger partial charge in [0.2, 0.25) is 0 Å². The van der Waals surface area contributed by atoms with Gasteiger partial charge in [-0.2, -0.15) is 0 Å². The van der Waals surface area contributed by atoms with Gasteiger partial charge in [-0.15, -0.1) is 0 Å². The van der Waals surface area contributed by atoms with Crippen molar-refractivity contribution < 1.29 is 9.53 Å². The second-order valence-electron chi connectivity index (χ2n) is 5.66. The standard InChI is InChI=1S/C18H18N4O2/c1-24-17-7-4-13-8-10-22(11-9-15(13)12-17)18(23)14-2-5-16(6-3-14)20-21-19/h2-7,12H,8-11H2,1H3. The van der Waals surface area contributed by atoms with Crippen LogP contribution in [0.25, 0.3) is 10.4 Å². The van der Waals surface area contributed by atoms with Crippen molar-refractivity contribution in [3.8, 4) is 5.75 Å². The molecule has 0 aliphatic carbocycles. The zero-order chi connectivity index (χ0) is 16.9. The van der Waals surface area contributed by atoms with E-state index in [0.717, 1.165) is 18.6 Å². The van der Waals surface area contributed by atoms with Crippen molar-refractivity contribution in [3.05, 3.63) is 69.6 Å². The van der Waals surface area contributed by atoms with Gasteiger partial charge in [-0.05, 0) is 53.8 Å². The quantitative estimate of drug-likeness (QED) is 0.488. The van der Waals surface area contributed by atoms with Gasteiger partial charge in [0.15, 0.2) is 0 Å². The summed E-state index contributed by atoms with van der Waals surface area (Å²) >= 11 is 0. The molecule has 0 saturated carbocycles. The minimum absolute atomic E-state index is 0.00209. The molecule has 0 N–H and O–H groups in total. The normalized spacial score (nSPS) is 13.5. The Balaban J connectivity index is 1.74. The maximum atomic E-state index is 12.7. The molecule has 24 heavy (non-hydrogen) atoms. The third kappa shape index (κ3) is 3.34. The van der Waals surface area contributed by atoms with Gasteiger partial charge in [-0.3, -0.25) is 4.79 Å². The molecule has 1 aliphatic rings. The predicted molar refractivity (Wildman–Crippen MR) is 91.6 cm³/mol. The van der Waals surface area contributed by atoms with Gasteiger partial charge < -0.3 is 9.64 Å². The zero-order valence-corrected chi connectivity index (χ0v) is 13.5. The average molecular weight is 322 g/mol. The molecule has 0 unspecified atom stereocenters. The molecule has 0 atom stereocenters. The van der Waals surface area contributed by atoms with E-state index in [1.165, 1.54) is 11.1 Å². The van der Waals surface area contributed by atoms with Crippen molar-refractivity contribution in [1.82, 2.24) is 4.90 Å². The van der Waals surface area contributed by atoms with Crippen molar-refractivity contribution in [2.75, 3.05) is 20.2 Å². The summed E-state index contributed by atoms with van der Waals surface area (Å²) in [5.74, 6) is 0.851. The molecule has 2 aromatic rings. The van der Waals surface area contributed by atoms with E-state index in [-0.39, 0.29) is 5.91 Å². The smallest absolute Gasteiger partial charge is 0.253 e. The maximum absolute atomic E-state index is 12.7. The number of nitrogens with zero attached hydrogens (tertiary/aromatic N) is 4. The molecule has 1 amide bonds. The Morgan fingerprint density at radius 3 is 2.50 bits per heavy atom. The van der Waals surface area contributed by atoms with Gasteiger partial charge >= 0.3 is 0 Å². The van der Waals surface area contributed by atoms with Gasteiger partial charge in [0.05, 0.1) is 7.11 Å².